The summed E-state index contributed by atoms with van der Waals surface area (Å²) in [6, 6.07) is 0.506. The summed E-state index contributed by atoms with van der Waals surface area (Å²) in [5.41, 5.74) is 3.85. The molecule has 2 heterocycles. The fraction of sp³-hybridized carbons (Fsp3) is 0.800. The third kappa shape index (κ3) is 2.73. The van der Waals surface area contributed by atoms with Gasteiger partial charge in [0.05, 0.1) is 18.3 Å². The van der Waals surface area contributed by atoms with Gasteiger partial charge in [0.2, 0.25) is 0 Å². The maximum Gasteiger partial charge on any atom is 0.191 e. The van der Waals surface area contributed by atoms with E-state index in [1.165, 1.54) is 43.4 Å². The summed E-state index contributed by atoms with van der Waals surface area (Å²) in [4.78, 5) is 4.91. The first-order valence-corrected chi connectivity index (χ1v) is 10.2. The SMILES string of the molecule is CCNC(=NCc1c(C)nn(C)c1C)NC1C2CCOC2C12CCCC2. The van der Waals surface area contributed by atoms with Gasteiger partial charge in [-0.05, 0) is 40.0 Å². The van der Waals surface area contributed by atoms with E-state index in [0.717, 1.165) is 24.8 Å². The van der Waals surface area contributed by atoms with Crippen molar-refractivity contribution in [3.05, 3.63) is 17.0 Å². The van der Waals surface area contributed by atoms with Gasteiger partial charge in [-0.25, -0.2) is 4.99 Å². The first-order chi connectivity index (χ1) is 12.6. The number of hydrogen-bond donors (Lipinski definition) is 2. The van der Waals surface area contributed by atoms with Crippen molar-refractivity contribution in [1.29, 1.82) is 0 Å². The number of ether oxygens (including phenoxy) is 1. The number of aromatic nitrogens is 2. The summed E-state index contributed by atoms with van der Waals surface area (Å²) in [5.74, 6) is 1.59. The highest BCUT2D eigenvalue weighted by molar-refractivity contribution is 5.80. The molecule has 1 aromatic heterocycles. The van der Waals surface area contributed by atoms with Gasteiger partial charge in [0.25, 0.3) is 0 Å². The van der Waals surface area contributed by atoms with Gasteiger partial charge in [0.15, 0.2) is 5.96 Å². The van der Waals surface area contributed by atoms with Crippen LogP contribution >= 0.6 is 0 Å². The molecule has 2 saturated carbocycles. The normalized spacial score (nSPS) is 29.7. The third-order valence-electron chi connectivity index (χ3n) is 6.98. The lowest BCUT2D eigenvalue weighted by Crippen LogP contribution is -2.69. The average Bonchev–Trinajstić information content (AvgIpc) is 3.31. The number of guanidine groups is 1. The predicted molar refractivity (Wildman–Crippen MR) is 103 cm³/mol. The summed E-state index contributed by atoms with van der Waals surface area (Å²) in [6.07, 6.45) is 6.94. The summed E-state index contributed by atoms with van der Waals surface area (Å²) < 4.78 is 8.06. The van der Waals surface area contributed by atoms with Gasteiger partial charge in [0, 0.05) is 48.8 Å². The van der Waals surface area contributed by atoms with Crippen LogP contribution in [0.2, 0.25) is 0 Å². The molecule has 0 bridgehead atoms. The van der Waals surface area contributed by atoms with Crippen LogP contribution in [-0.4, -0.2) is 41.0 Å². The van der Waals surface area contributed by atoms with Gasteiger partial charge < -0.3 is 15.4 Å². The summed E-state index contributed by atoms with van der Waals surface area (Å²) in [6.45, 7) is 8.79. The van der Waals surface area contributed by atoms with Crippen molar-refractivity contribution in [2.45, 2.75) is 71.6 Å². The Kier molecular flexibility index (Phi) is 4.71. The molecule has 6 nitrogen and oxygen atoms in total. The van der Waals surface area contributed by atoms with E-state index in [1.54, 1.807) is 0 Å². The van der Waals surface area contributed by atoms with Gasteiger partial charge >= 0.3 is 0 Å². The summed E-state index contributed by atoms with van der Waals surface area (Å²) >= 11 is 0. The molecule has 1 spiro atoms. The molecular formula is C20H33N5O. The summed E-state index contributed by atoms with van der Waals surface area (Å²) in [5, 5.41) is 11.8. The molecule has 26 heavy (non-hydrogen) atoms. The molecule has 144 valence electrons. The second-order valence-electron chi connectivity index (χ2n) is 8.27. The number of nitrogens with one attached hydrogen (secondary N) is 2. The molecular weight excluding hydrogens is 326 g/mol. The number of fused-ring (bicyclic) bond motifs is 2. The quantitative estimate of drug-likeness (QED) is 0.640. The highest BCUT2D eigenvalue weighted by Gasteiger charge is 2.65. The smallest absolute Gasteiger partial charge is 0.191 e. The monoisotopic (exact) mass is 359 g/mol. The van der Waals surface area contributed by atoms with Gasteiger partial charge in [-0.15, -0.1) is 0 Å². The minimum atomic E-state index is 0.345. The first-order valence-electron chi connectivity index (χ1n) is 10.2. The molecule has 1 aromatic rings. The van der Waals surface area contributed by atoms with Crippen molar-refractivity contribution in [2.24, 2.45) is 23.4 Å². The van der Waals surface area contributed by atoms with Gasteiger partial charge in [-0.2, -0.15) is 5.10 Å². The van der Waals surface area contributed by atoms with Crippen molar-refractivity contribution < 1.29 is 4.74 Å². The molecule has 1 aliphatic heterocycles. The molecule has 3 fully saturated rings. The Morgan fingerprint density at radius 2 is 2.12 bits per heavy atom. The van der Waals surface area contributed by atoms with E-state index in [1.807, 2.05) is 11.7 Å². The molecule has 0 aromatic carbocycles. The van der Waals surface area contributed by atoms with Crippen molar-refractivity contribution in [1.82, 2.24) is 20.4 Å². The fourth-order valence-corrected chi connectivity index (χ4v) is 5.58. The second kappa shape index (κ2) is 6.87. The van der Waals surface area contributed by atoms with Gasteiger partial charge in [-0.1, -0.05) is 12.8 Å². The molecule has 0 amide bonds. The van der Waals surface area contributed by atoms with Gasteiger partial charge in [-0.3, -0.25) is 4.68 Å². The van der Waals surface area contributed by atoms with E-state index in [0.29, 0.717) is 30.0 Å². The maximum atomic E-state index is 6.11. The highest BCUT2D eigenvalue weighted by atomic mass is 16.5. The van der Waals surface area contributed by atoms with E-state index in [9.17, 15) is 0 Å². The molecule has 4 rings (SSSR count). The second-order valence-corrected chi connectivity index (χ2v) is 8.27. The van der Waals surface area contributed by atoms with Gasteiger partial charge in [0.1, 0.15) is 0 Å². The van der Waals surface area contributed by atoms with Crippen LogP contribution in [0.15, 0.2) is 4.99 Å². The summed E-state index contributed by atoms with van der Waals surface area (Å²) in [7, 11) is 2.00. The Bertz CT molecular complexity index is 689. The zero-order valence-corrected chi connectivity index (χ0v) is 16.6. The predicted octanol–water partition coefficient (Wildman–Crippen LogP) is 2.44. The maximum absolute atomic E-state index is 6.11. The van der Waals surface area contributed by atoms with Crippen LogP contribution in [0.3, 0.4) is 0 Å². The van der Waals surface area contributed by atoms with Crippen LogP contribution in [-0.2, 0) is 18.3 Å². The number of nitrogens with zero attached hydrogens (tertiary/aromatic N) is 3. The van der Waals surface area contributed by atoms with Crippen molar-refractivity contribution in [3.8, 4) is 0 Å². The Hall–Kier alpha value is -1.56. The Labute approximate surface area is 156 Å². The molecule has 0 radical (unpaired) electrons. The topological polar surface area (TPSA) is 63.5 Å². The standard InChI is InChI=1S/C20H33N5O/c1-5-21-19(22-12-16-13(2)24-25(4)14(16)3)23-17-15-8-11-26-18(15)20(17)9-6-7-10-20/h15,17-18H,5-12H2,1-4H3,(H2,21,22,23). The zero-order valence-electron chi connectivity index (χ0n) is 16.6. The Morgan fingerprint density at radius 3 is 2.77 bits per heavy atom. The van der Waals surface area contributed by atoms with Crippen LogP contribution in [0.5, 0.6) is 0 Å². The van der Waals surface area contributed by atoms with Crippen molar-refractivity contribution in [3.63, 3.8) is 0 Å². The van der Waals surface area contributed by atoms with Crippen LogP contribution in [0, 0.1) is 25.2 Å². The first kappa shape index (κ1) is 17.8. The van der Waals surface area contributed by atoms with Crippen LogP contribution < -0.4 is 10.6 Å². The van der Waals surface area contributed by atoms with E-state index < -0.39 is 0 Å². The lowest BCUT2D eigenvalue weighted by molar-refractivity contribution is -0.125. The lowest BCUT2D eigenvalue weighted by Gasteiger charge is -2.57. The number of aliphatic imine (C=N–C) groups is 1. The van der Waals surface area contributed by atoms with E-state index in [4.69, 9.17) is 9.73 Å². The molecule has 1 saturated heterocycles. The average molecular weight is 360 g/mol. The number of rotatable bonds is 4. The molecule has 2 N–H and O–H groups in total. The lowest BCUT2D eigenvalue weighted by atomic mass is 9.54. The minimum absolute atomic E-state index is 0.345. The molecule has 3 unspecified atom stereocenters. The van der Waals surface area contributed by atoms with Crippen molar-refractivity contribution in [2.75, 3.05) is 13.2 Å². The van der Waals surface area contributed by atoms with E-state index in [2.05, 4.69) is 36.5 Å². The van der Waals surface area contributed by atoms with Crippen LogP contribution in [0.1, 0.15) is 56.0 Å². The van der Waals surface area contributed by atoms with Crippen LogP contribution in [0.4, 0.5) is 0 Å². The fourth-order valence-electron chi connectivity index (χ4n) is 5.58. The molecule has 3 atom stereocenters. The Morgan fingerprint density at radius 1 is 1.35 bits per heavy atom. The molecule has 3 aliphatic rings. The number of aryl methyl sites for hydroxylation is 2. The van der Waals surface area contributed by atoms with E-state index >= 15 is 0 Å². The Balaban J connectivity index is 1.51. The molecule has 2 aliphatic carbocycles. The highest BCUT2D eigenvalue weighted by Crippen LogP contribution is 2.60. The van der Waals surface area contributed by atoms with Crippen LogP contribution in [0.25, 0.3) is 0 Å². The minimum Gasteiger partial charge on any atom is -0.377 e. The third-order valence-corrected chi connectivity index (χ3v) is 6.98. The zero-order chi connectivity index (χ0) is 18.3. The number of hydrogen-bond acceptors (Lipinski definition) is 3. The molecule has 6 heteroatoms. The van der Waals surface area contributed by atoms with Crippen molar-refractivity contribution >= 4 is 5.96 Å². The van der Waals surface area contributed by atoms with E-state index in [-0.39, 0.29) is 0 Å². The largest absolute Gasteiger partial charge is 0.377 e.